The Kier molecular flexibility index (Phi) is 3.32. The van der Waals surface area contributed by atoms with E-state index in [2.05, 4.69) is 37.4 Å². The van der Waals surface area contributed by atoms with Gasteiger partial charge in [-0.05, 0) is 18.2 Å². The van der Waals surface area contributed by atoms with Gasteiger partial charge in [0.2, 0.25) is 5.95 Å². The lowest BCUT2D eigenvalue weighted by atomic mass is 10.2. The van der Waals surface area contributed by atoms with Crippen LogP contribution in [0.3, 0.4) is 0 Å². The summed E-state index contributed by atoms with van der Waals surface area (Å²) in [7, 11) is 0. The van der Waals surface area contributed by atoms with E-state index < -0.39 is 0 Å². The Hall–Kier alpha value is -2.67. The van der Waals surface area contributed by atoms with Gasteiger partial charge >= 0.3 is 0 Å². The molecule has 112 valence electrons. The second kappa shape index (κ2) is 5.61. The van der Waals surface area contributed by atoms with E-state index in [-0.39, 0.29) is 0 Å². The van der Waals surface area contributed by atoms with Crippen LogP contribution in [0.15, 0.2) is 42.9 Å². The molecule has 0 bridgehead atoms. The van der Waals surface area contributed by atoms with E-state index in [1.165, 1.54) is 5.69 Å². The van der Waals surface area contributed by atoms with E-state index in [0.29, 0.717) is 11.6 Å². The van der Waals surface area contributed by atoms with Gasteiger partial charge in [-0.15, -0.1) is 5.10 Å². The summed E-state index contributed by atoms with van der Waals surface area (Å²) in [5.74, 6) is 0.562. The highest BCUT2D eigenvalue weighted by Gasteiger charge is 2.11. The number of aromatic nitrogens is 4. The molecule has 4 rings (SSSR count). The normalized spacial score (nSPS) is 15.2. The van der Waals surface area contributed by atoms with Crippen LogP contribution in [0.4, 0.5) is 17.3 Å². The minimum Gasteiger partial charge on any atom is -0.378 e. The molecule has 2 aromatic heterocycles. The Labute approximate surface area is 127 Å². The van der Waals surface area contributed by atoms with E-state index in [0.717, 1.165) is 32.0 Å². The molecule has 0 unspecified atom stereocenters. The average Bonchev–Trinajstić information content (AvgIpc) is 2.98. The number of hydrogen-bond donors (Lipinski definition) is 1. The van der Waals surface area contributed by atoms with Crippen molar-refractivity contribution < 1.29 is 4.74 Å². The predicted molar refractivity (Wildman–Crippen MR) is 83.5 cm³/mol. The fourth-order valence-corrected chi connectivity index (χ4v) is 2.53. The third kappa shape index (κ3) is 2.58. The zero-order valence-corrected chi connectivity index (χ0v) is 12.0. The van der Waals surface area contributed by atoms with E-state index in [9.17, 15) is 0 Å². The van der Waals surface area contributed by atoms with Gasteiger partial charge in [0.1, 0.15) is 0 Å². The van der Waals surface area contributed by atoms with Crippen molar-refractivity contribution in [2.75, 3.05) is 36.5 Å². The van der Waals surface area contributed by atoms with Crippen LogP contribution in [0.5, 0.6) is 0 Å². The number of nitrogens with zero attached hydrogens (tertiary/aromatic N) is 5. The van der Waals surface area contributed by atoms with Gasteiger partial charge in [-0.2, -0.15) is 4.98 Å². The third-order valence-corrected chi connectivity index (χ3v) is 3.62. The molecule has 1 aliphatic rings. The Bertz CT molecular complexity index is 747. The molecule has 22 heavy (non-hydrogen) atoms. The molecule has 3 aromatic rings. The molecule has 0 amide bonds. The van der Waals surface area contributed by atoms with Crippen molar-refractivity contribution in [2.24, 2.45) is 0 Å². The van der Waals surface area contributed by atoms with Crippen LogP contribution in [0, 0.1) is 0 Å². The molecule has 0 aliphatic carbocycles. The Morgan fingerprint density at radius 2 is 2.09 bits per heavy atom. The number of ether oxygens (including phenoxy) is 1. The second-order valence-electron chi connectivity index (χ2n) is 5.09. The summed E-state index contributed by atoms with van der Waals surface area (Å²) >= 11 is 0. The van der Waals surface area contributed by atoms with Crippen molar-refractivity contribution in [2.45, 2.75) is 0 Å². The summed E-state index contributed by atoms with van der Waals surface area (Å²) in [6, 6.07) is 8.26. The van der Waals surface area contributed by atoms with Crippen LogP contribution in [0.25, 0.3) is 5.65 Å². The third-order valence-electron chi connectivity index (χ3n) is 3.62. The smallest absolute Gasteiger partial charge is 0.247 e. The van der Waals surface area contributed by atoms with Crippen molar-refractivity contribution in [3.63, 3.8) is 0 Å². The zero-order chi connectivity index (χ0) is 14.8. The number of anilines is 3. The first kappa shape index (κ1) is 13.0. The topological polar surface area (TPSA) is 67.6 Å². The van der Waals surface area contributed by atoms with Gasteiger partial charge in [0.05, 0.1) is 19.4 Å². The quantitative estimate of drug-likeness (QED) is 0.793. The minimum atomic E-state index is 0.562. The predicted octanol–water partition coefficient (Wildman–Crippen LogP) is 1.70. The van der Waals surface area contributed by atoms with Gasteiger partial charge in [-0.3, -0.25) is 4.98 Å². The van der Waals surface area contributed by atoms with Gasteiger partial charge in [-0.1, -0.05) is 6.07 Å². The number of morpholine rings is 1. The number of hydrogen-bond acceptors (Lipinski definition) is 6. The molecule has 3 heterocycles. The summed E-state index contributed by atoms with van der Waals surface area (Å²) in [5.41, 5.74) is 2.86. The van der Waals surface area contributed by atoms with Crippen LogP contribution in [-0.4, -0.2) is 45.9 Å². The number of fused-ring (bicyclic) bond motifs is 1. The van der Waals surface area contributed by atoms with Crippen LogP contribution in [-0.2, 0) is 4.74 Å². The first-order valence-electron chi connectivity index (χ1n) is 7.25. The molecular weight excluding hydrogens is 280 g/mol. The second-order valence-corrected chi connectivity index (χ2v) is 5.09. The van der Waals surface area contributed by atoms with Gasteiger partial charge in [-0.25, -0.2) is 4.52 Å². The van der Waals surface area contributed by atoms with Crippen molar-refractivity contribution >= 4 is 23.0 Å². The molecule has 1 saturated heterocycles. The summed E-state index contributed by atoms with van der Waals surface area (Å²) in [4.78, 5) is 10.7. The van der Waals surface area contributed by atoms with E-state index in [4.69, 9.17) is 4.74 Å². The van der Waals surface area contributed by atoms with Crippen molar-refractivity contribution in [3.8, 4) is 0 Å². The highest BCUT2D eigenvalue weighted by molar-refractivity contribution is 5.62. The first-order chi connectivity index (χ1) is 10.9. The van der Waals surface area contributed by atoms with Crippen LogP contribution in [0.2, 0.25) is 0 Å². The molecule has 0 atom stereocenters. The summed E-state index contributed by atoms with van der Waals surface area (Å²) in [5, 5.41) is 7.62. The largest absolute Gasteiger partial charge is 0.378 e. The number of nitrogens with one attached hydrogen (secondary N) is 1. The average molecular weight is 296 g/mol. The van der Waals surface area contributed by atoms with E-state index in [1.807, 2.05) is 12.1 Å². The maximum absolute atomic E-state index is 5.39. The fraction of sp³-hybridized carbons (Fsp3) is 0.267. The monoisotopic (exact) mass is 296 g/mol. The minimum absolute atomic E-state index is 0.562. The summed E-state index contributed by atoms with van der Waals surface area (Å²) in [6.45, 7) is 3.39. The van der Waals surface area contributed by atoms with Crippen molar-refractivity contribution in [3.05, 3.63) is 42.9 Å². The Balaban J connectivity index is 1.57. The maximum Gasteiger partial charge on any atom is 0.247 e. The van der Waals surface area contributed by atoms with Crippen LogP contribution >= 0.6 is 0 Å². The molecule has 1 aliphatic heterocycles. The first-order valence-corrected chi connectivity index (χ1v) is 7.25. The zero-order valence-electron chi connectivity index (χ0n) is 12.0. The molecular formula is C15H16N6O. The molecule has 0 spiro atoms. The highest BCUT2D eigenvalue weighted by atomic mass is 16.5. The lowest BCUT2D eigenvalue weighted by Crippen LogP contribution is -2.36. The molecule has 0 radical (unpaired) electrons. The van der Waals surface area contributed by atoms with E-state index in [1.54, 1.807) is 23.1 Å². The highest BCUT2D eigenvalue weighted by Crippen LogP contribution is 2.22. The van der Waals surface area contributed by atoms with Gasteiger partial charge < -0.3 is 15.0 Å². The number of rotatable bonds is 3. The van der Waals surface area contributed by atoms with E-state index >= 15 is 0 Å². The number of benzene rings is 1. The molecule has 7 nitrogen and oxygen atoms in total. The lowest BCUT2D eigenvalue weighted by molar-refractivity contribution is 0.122. The molecule has 1 fully saturated rings. The molecule has 7 heteroatoms. The summed E-state index contributed by atoms with van der Waals surface area (Å²) < 4.78 is 7.09. The Morgan fingerprint density at radius 1 is 1.18 bits per heavy atom. The van der Waals surface area contributed by atoms with Crippen molar-refractivity contribution in [1.29, 1.82) is 0 Å². The fourth-order valence-electron chi connectivity index (χ4n) is 2.53. The van der Waals surface area contributed by atoms with Gasteiger partial charge in [0.15, 0.2) is 5.65 Å². The SMILES string of the molecule is c1cc(Nc2nc3cnccn3n2)cc(N2CCOCC2)c1. The lowest BCUT2D eigenvalue weighted by Gasteiger charge is -2.29. The molecule has 0 saturated carbocycles. The van der Waals surface area contributed by atoms with Crippen LogP contribution < -0.4 is 10.2 Å². The maximum atomic E-state index is 5.39. The van der Waals surface area contributed by atoms with Gasteiger partial charge in [0.25, 0.3) is 0 Å². The van der Waals surface area contributed by atoms with Crippen LogP contribution in [0.1, 0.15) is 0 Å². The van der Waals surface area contributed by atoms with Gasteiger partial charge in [0, 0.05) is 36.9 Å². The standard InChI is InChI=1S/C15H16N6O/c1-2-12(10-13(3-1)20-6-8-22-9-7-20)17-15-18-14-11-16-4-5-21(14)19-15/h1-5,10-11H,6-9H2,(H,17,19). The molecule has 1 N–H and O–H groups in total. The molecule has 1 aromatic carbocycles. The Morgan fingerprint density at radius 3 is 2.95 bits per heavy atom. The summed E-state index contributed by atoms with van der Waals surface area (Å²) in [6.07, 6.45) is 5.14. The van der Waals surface area contributed by atoms with Crippen molar-refractivity contribution in [1.82, 2.24) is 19.6 Å².